The molecule has 0 saturated carbocycles. The molecule has 146 valence electrons. The van der Waals surface area contributed by atoms with E-state index in [0.29, 0.717) is 25.3 Å². The highest BCUT2D eigenvalue weighted by Gasteiger charge is 2.15. The van der Waals surface area contributed by atoms with Gasteiger partial charge in [-0.2, -0.15) is 5.26 Å². The van der Waals surface area contributed by atoms with Crippen LogP contribution in [0.2, 0.25) is 0 Å². The Morgan fingerprint density at radius 3 is 2.83 bits per heavy atom. The van der Waals surface area contributed by atoms with E-state index in [4.69, 9.17) is 19.7 Å². The van der Waals surface area contributed by atoms with Crippen LogP contribution in [0.15, 0.2) is 54.0 Å². The zero-order valence-corrected chi connectivity index (χ0v) is 17.2. The third-order valence-corrected chi connectivity index (χ3v) is 5.64. The van der Waals surface area contributed by atoms with E-state index in [1.165, 1.54) is 0 Å². The van der Waals surface area contributed by atoms with Crippen molar-refractivity contribution in [2.45, 2.75) is 19.9 Å². The molecule has 0 aliphatic rings. The number of benzene rings is 2. The lowest BCUT2D eigenvalue weighted by molar-refractivity contribution is 0.311. The third-order valence-electron chi connectivity index (χ3n) is 4.74. The Bertz CT molecular complexity index is 1190. The van der Waals surface area contributed by atoms with Gasteiger partial charge in [-0.25, -0.2) is 4.98 Å². The number of ether oxygens (including phenoxy) is 2. The van der Waals surface area contributed by atoms with Gasteiger partial charge < -0.3 is 14.0 Å². The second-order valence-electron chi connectivity index (χ2n) is 6.50. The highest BCUT2D eigenvalue weighted by molar-refractivity contribution is 7.13. The molecule has 0 fully saturated rings. The standard InChI is InChI=1S/C23H21N3O2S/c1-3-28-21-10-9-16(13-22(21)27-2)23-25-19(15-29-23)18-14-26(12-6-11-24)20-8-5-4-7-17(18)20/h4-5,7-10,13-15H,3,6,12H2,1-2H3. The van der Waals surface area contributed by atoms with Gasteiger partial charge >= 0.3 is 0 Å². The van der Waals surface area contributed by atoms with E-state index < -0.39 is 0 Å². The molecule has 5 nitrogen and oxygen atoms in total. The van der Waals surface area contributed by atoms with Crippen molar-refractivity contribution in [1.29, 1.82) is 5.26 Å². The number of hydrogen-bond acceptors (Lipinski definition) is 5. The van der Waals surface area contributed by atoms with Crippen LogP contribution in [0, 0.1) is 11.3 Å². The largest absolute Gasteiger partial charge is 0.493 e. The Morgan fingerprint density at radius 1 is 1.17 bits per heavy atom. The predicted octanol–water partition coefficient (Wildman–Crippen LogP) is 5.75. The summed E-state index contributed by atoms with van der Waals surface area (Å²) < 4.78 is 13.2. The minimum atomic E-state index is 0.479. The number of rotatable bonds is 7. The highest BCUT2D eigenvalue weighted by atomic mass is 32.1. The van der Waals surface area contributed by atoms with Gasteiger partial charge in [0.25, 0.3) is 0 Å². The predicted molar refractivity (Wildman–Crippen MR) is 116 cm³/mol. The molecule has 29 heavy (non-hydrogen) atoms. The van der Waals surface area contributed by atoms with E-state index >= 15 is 0 Å². The average molecular weight is 404 g/mol. The van der Waals surface area contributed by atoms with Crippen LogP contribution in [0.25, 0.3) is 32.7 Å². The molecule has 4 aromatic rings. The molecule has 0 atom stereocenters. The maximum atomic E-state index is 8.96. The zero-order chi connectivity index (χ0) is 20.2. The molecule has 2 aromatic carbocycles. The molecule has 0 amide bonds. The summed E-state index contributed by atoms with van der Waals surface area (Å²) in [5, 5.41) is 13.1. The van der Waals surface area contributed by atoms with Gasteiger partial charge in [0.15, 0.2) is 11.5 Å². The SMILES string of the molecule is CCOc1ccc(-c2nc(-c3cn(CCC#N)c4ccccc34)cs2)cc1OC. The van der Waals surface area contributed by atoms with Crippen molar-refractivity contribution in [2.75, 3.05) is 13.7 Å². The second kappa shape index (κ2) is 8.38. The molecular weight excluding hydrogens is 382 g/mol. The molecule has 0 spiro atoms. The number of hydrogen-bond donors (Lipinski definition) is 0. The number of nitriles is 1. The van der Waals surface area contributed by atoms with E-state index in [9.17, 15) is 0 Å². The third kappa shape index (κ3) is 3.69. The molecular formula is C23H21N3O2S. The van der Waals surface area contributed by atoms with Crippen LogP contribution in [0.3, 0.4) is 0 Å². The summed E-state index contributed by atoms with van der Waals surface area (Å²) in [4.78, 5) is 4.89. The first-order chi connectivity index (χ1) is 14.2. The Balaban J connectivity index is 1.72. The lowest BCUT2D eigenvalue weighted by Crippen LogP contribution is -1.95. The van der Waals surface area contributed by atoms with E-state index in [1.807, 2.05) is 37.3 Å². The first-order valence-electron chi connectivity index (χ1n) is 9.47. The molecule has 0 unspecified atom stereocenters. The van der Waals surface area contributed by atoms with Gasteiger partial charge in [-0.05, 0) is 31.2 Å². The van der Waals surface area contributed by atoms with Crippen LogP contribution in [0.5, 0.6) is 11.5 Å². The van der Waals surface area contributed by atoms with Crippen LogP contribution >= 0.6 is 11.3 Å². The van der Waals surface area contributed by atoms with Gasteiger partial charge in [-0.3, -0.25) is 0 Å². The Morgan fingerprint density at radius 2 is 2.03 bits per heavy atom. The van der Waals surface area contributed by atoms with E-state index in [0.717, 1.165) is 38.5 Å². The molecule has 0 aliphatic heterocycles. The Hall–Kier alpha value is -3.30. The molecule has 2 heterocycles. The lowest BCUT2D eigenvalue weighted by atomic mass is 10.1. The maximum Gasteiger partial charge on any atom is 0.161 e. The van der Waals surface area contributed by atoms with Crippen molar-refractivity contribution in [3.05, 3.63) is 54.0 Å². The summed E-state index contributed by atoms with van der Waals surface area (Å²) in [6, 6.07) is 16.4. The lowest BCUT2D eigenvalue weighted by Gasteiger charge is -2.09. The highest BCUT2D eigenvalue weighted by Crippen LogP contribution is 2.37. The van der Waals surface area contributed by atoms with Crippen molar-refractivity contribution >= 4 is 22.2 Å². The Kier molecular flexibility index (Phi) is 5.50. The van der Waals surface area contributed by atoms with Gasteiger partial charge in [-0.15, -0.1) is 11.3 Å². The fourth-order valence-electron chi connectivity index (χ4n) is 3.41. The van der Waals surface area contributed by atoms with Crippen LogP contribution in [0.1, 0.15) is 13.3 Å². The summed E-state index contributed by atoms with van der Waals surface area (Å²) in [5.74, 6) is 1.44. The number of aromatic nitrogens is 2. The van der Waals surface area contributed by atoms with Crippen molar-refractivity contribution in [2.24, 2.45) is 0 Å². The van der Waals surface area contributed by atoms with Crippen LogP contribution < -0.4 is 9.47 Å². The molecule has 4 rings (SSSR count). The summed E-state index contributed by atoms with van der Waals surface area (Å²) in [7, 11) is 1.64. The molecule has 0 bridgehead atoms. The number of aryl methyl sites for hydroxylation is 1. The van der Waals surface area contributed by atoms with Gasteiger partial charge in [0.2, 0.25) is 0 Å². The summed E-state index contributed by atoms with van der Waals surface area (Å²) >= 11 is 1.60. The van der Waals surface area contributed by atoms with Crippen LogP contribution in [-0.2, 0) is 6.54 Å². The monoisotopic (exact) mass is 403 g/mol. The average Bonchev–Trinajstić information content (AvgIpc) is 3.38. The van der Waals surface area contributed by atoms with Crippen LogP contribution in [0.4, 0.5) is 0 Å². The smallest absolute Gasteiger partial charge is 0.161 e. The molecule has 2 aromatic heterocycles. The molecule has 0 radical (unpaired) electrons. The summed E-state index contributed by atoms with van der Waals surface area (Å²) in [5.41, 5.74) is 4.13. The normalized spacial score (nSPS) is 10.8. The van der Waals surface area contributed by atoms with Gasteiger partial charge in [0.1, 0.15) is 5.01 Å². The van der Waals surface area contributed by atoms with E-state index in [1.54, 1.807) is 18.4 Å². The molecule has 0 N–H and O–H groups in total. The maximum absolute atomic E-state index is 8.96. The molecule has 0 saturated heterocycles. The van der Waals surface area contributed by atoms with Crippen molar-refractivity contribution in [1.82, 2.24) is 9.55 Å². The fourth-order valence-corrected chi connectivity index (χ4v) is 4.23. The minimum absolute atomic E-state index is 0.479. The van der Waals surface area contributed by atoms with Gasteiger partial charge in [0, 0.05) is 40.2 Å². The number of methoxy groups -OCH3 is 1. The minimum Gasteiger partial charge on any atom is -0.493 e. The number of nitrogens with zero attached hydrogens (tertiary/aromatic N) is 3. The number of thiazole rings is 1. The van der Waals surface area contributed by atoms with Gasteiger partial charge in [0.05, 0.1) is 31.9 Å². The van der Waals surface area contributed by atoms with E-state index in [-0.39, 0.29) is 0 Å². The first-order valence-corrected chi connectivity index (χ1v) is 10.3. The fraction of sp³-hybridized carbons (Fsp3) is 0.217. The Labute approximate surface area is 173 Å². The molecule has 0 aliphatic carbocycles. The second-order valence-corrected chi connectivity index (χ2v) is 7.36. The first kappa shape index (κ1) is 19.0. The summed E-state index contributed by atoms with van der Waals surface area (Å²) in [6.07, 6.45) is 2.58. The number of para-hydroxylation sites is 1. The van der Waals surface area contributed by atoms with E-state index in [2.05, 4.69) is 34.3 Å². The molecule has 6 heteroatoms. The zero-order valence-electron chi connectivity index (χ0n) is 16.4. The van der Waals surface area contributed by atoms with Gasteiger partial charge in [-0.1, -0.05) is 18.2 Å². The quantitative estimate of drug-likeness (QED) is 0.394. The van der Waals surface area contributed by atoms with Crippen LogP contribution in [-0.4, -0.2) is 23.3 Å². The van der Waals surface area contributed by atoms with Crippen molar-refractivity contribution < 1.29 is 9.47 Å². The topological polar surface area (TPSA) is 60.1 Å². The van der Waals surface area contributed by atoms with Crippen molar-refractivity contribution in [3.63, 3.8) is 0 Å². The number of fused-ring (bicyclic) bond motifs is 1. The van der Waals surface area contributed by atoms with Crippen molar-refractivity contribution in [3.8, 4) is 39.4 Å². The summed E-state index contributed by atoms with van der Waals surface area (Å²) in [6.45, 7) is 3.21.